The fourth-order valence-electron chi connectivity index (χ4n) is 3.76. The van der Waals surface area contributed by atoms with Crippen molar-refractivity contribution in [1.29, 1.82) is 0 Å². The number of benzene rings is 3. The molecule has 2 nitrogen and oxygen atoms in total. The largest absolute Gasteiger partial charge is 0.257 e. The third-order valence-corrected chi connectivity index (χ3v) is 5.61. The molecule has 0 amide bonds. The van der Waals surface area contributed by atoms with Crippen LogP contribution in [0.5, 0.6) is 0 Å². The van der Waals surface area contributed by atoms with Crippen LogP contribution >= 0.6 is 0 Å². The van der Waals surface area contributed by atoms with Crippen molar-refractivity contribution in [1.82, 2.24) is 9.97 Å². The van der Waals surface area contributed by atoms with Crippen molar-refractivity contribution < 1.29 is 0 Å². The fourth-order valence-corrected chi connectivity index (χ4v) is 3.76. The molecular formula is C30H24N2. The molecule has 2 heteroatoms. The Kier molecular flexibility index (Phi) is 5.35. The molecule has 2 heterocycles. The van der Waals surface area contributed by atoms with E-state index in [1.807, 2.05) is 24.5 Å². The van der Waals surface area contributed by atoms with Gasteiger partial charge < -0.3 is 0 Å². The van der Waals surface area contributed by atoms with E-state index in [1.165, 1.54) is 43.8 Å². The molecule has 0 saturated carbocycles. The lowest BCUT2D eigenvalue weighted by Gasteiger charge is -2.05. The second-order valence-electron chi connectivity index (χ2n) is 8.25. The molecule has 0 saturated heterocycles. The number of hydrogen-bond donors (Lipinski definition) is 0. The third-order valence-electron chi connectivity index (χ3n) is 5.61. The maximum Gasteiger partial charge on any atom is 0.0630 e. The second-order valence-corrected chi connectivity index (χ2v) is 8.25. The van der Waals surface area contributed by atoms with Gasteiger partial charge in [0.2, 0.25) is 0 Å². The van der Waals surface area contributed by atoms with Crippen LogP contribution in [0.2, 0.25) is 0 Å². The lowest BCUT2D eigenvalue weighted by molar-refractivity contribution is 1.25. The highest BCUT2D eigenvalue weighted by molar-refractivity contribution is 6.00. The molecule has 3 aromatic carbocycles. The van der Waals surface area contributed by atoms with Crippen LogP contribution in [0.3, 0.4) is 0 Å². The summed E-state index contributed by atoms with van der Waals surface area (Å²) in [7, 11) is 0. The van der Waals surface area contributed by atoms with Gasteiger partial charge in [-0.25, -0.2) is 0 Å². The number of rotatable bonds is 4. The Morgan fingerprint density at radius 2 is 0.938 bits per heavy atom. The molecule has 0 N–H and O–H groups in total. The monoisotopic (exact) mass is 412 g/mol. The Bertz CT molecular complexity index is 1340. The van der Waals surface area contributed by atoms with E-state index in [-0.39, 0.29) is 0 Å². The number of aromatic nitrogens is 2. The molecule has 0 unspecified atom stereocenters. The molecule has 0 aliphatic rings. The van der Waals surface area contributed by atoms with E-state index < -0.39 is 0 Å². The van der Waals surface area contributed by atoms with Crippen molar-refractivity contribution in [3.63, 3.8) is 0 Å². The van der Waals surface area contributed by atoms with E-state index >= 15 is 0 Å². The number of fused-ring (bicyclic) bond motifs is 2. The molecule has 0 atom stereocenters. The summed E-state index contributed by atoms with van der Waals surface area (Å²) in [5.41, 5.74) is 6.62. The first-order valence-corrected chi connectivity index (χ1v) is 10.8. The van der Waals surface area contributed by atoms with Gasteiger partial charge in [-0.15, -0.1) is 0 Å². The Balaban J connectivity index is 1.42. The quantitative estimate of drug-likeness (QED) is 0.282. The van der Waals surface area contributed by atoms with Gasteiger partial charge in [0.1, 0.15) is 0 Å². The molecule has 0 bridgehead atoms. The van der Waals surface area contributed by atoms with Gasteiger partial charge in [-0.05, 0) is 106 Å². The van der Waals surface area contributed by atoms with Crippen LogP contribution in [-0.2, 0) is 0 Å². The van der Waals surface area contributed by atoms with Gasteiger partial charge in [-0.1, -0.05) is 48.6 Å². The average molecular weight is 413 g/mol. The minimum Gasteiger partial charge on any atom is -0.257 e. The molecule has 0 spiro atoms. The highest BCUT2D eigenvalue weighted by Gasteiger charge is 2.01. The maximum atomic E-state index is 4.45. The number of nitrogens with zero attached hydrogens (tertiary/aromatic N) is 2. The van der Waals surface area contributed by atoms with Crippen LogP contribution in [0.4, 0.5) is 0 Å². The van der Waals surface area contributed by atoms with Crippen LogP contribution in [0, 0.1) is 13.8 Å². The Morgan fingerprint density at radius 1 is 0.469 bits per heavy atom. The Morgan fingerprint density at radius 3 is 1.34 bits per heavy atom. The molecular weight excluding hydrogens is 388 g/mol. The number of hydrogen-bond acceptors (Lipinski definition) is 2. The van der Waals surface area contributed by atoms with Crippen LogP contribution in [0.15, 0.2) is 85.2 Å². The van der Waals surface area contributed by atoms with Gasteiger partial charge in [0.25, 0.3) is 0 Å². The summed E-state index contributed by atoms with van der Waals surface area (Å²) < 4.78 is 0. The standard InChI is InChI=1S/C30H24N2/c1-21-3-11-29(31-19-21)13-7-23-5-9-25-18-28-16-24(6-10-26(28)17-27(25)15-23)8-14-30-12-4-22(2)20-32-30/h3-20H,1-2H3/b13-7+,14-8+. The zero-order chi connectivity index (χ0) is 21.9. The van der Waals surface area contributed by atoms with E-state index in [0.29, 0.717) is 0 Å². The summed E-state index contributed by atoms with van der Waals surface area (Å²) in [4.78, 5) is 8.89. The first-order valence-electron chi connectivity index (χ1n) is 10.8. The first kappa shape index (κ1) is 19.9. The van der Waals surface area contributed by atoms with Gasteiger partial charge >= 0.3 is 0 Å². The lowest BCUT2D eigenvalue weighted by Crippen LogP contribution is -1.82. The van der Waals surface area contributed by atoms with Crippen molar-refractivity contribution in [3.05, 3.63) is 119 Å². The summed E-state index contributed by atoms with van der Waals surface area (Å²) in [6, 6.07) is 25.9. The topological polar surface area (TPSA) is 25.8 Å². The molecule has 154 valence electrons. The maximum absolute atomic E-state index is 4.45. The van der Waals surface area contributed by atoms with Crippen LogP contribution in [0.1, 0.15) is 33.6 Å². The normalized spacial score (nSPS) is 11.8. The predicted octanol–water partition coefficient (Wildman–Crippen LogP) is 7.74. The van der Waals surface area contributed by atoms with E-state index in [0.717, 1.165) is 11.4 Å². The fraction of sp³-hybridized carbons (Fsp3) is 0.0667. The average Bonchev–Trinajstić information content (AvgIpc) is 2.82. The van der Waals surface area contributed by atoms with Gasteiger partial charge in [0.05, 0.1) is 11.4 Å². The van der Waals surface area contributed by atoms with Gasteiger partial charge in [-0.2, -0.15) is 0 Å². The first-order chi connectivity index (χ1) is 15.6. The predicted molar refractivity (Wildman–Crippen MR) is 137 cm³/mol. The minimum atomic E-state index is 0.968. The zero-order valence-electron chi connectivity index (χ0n) is 18.3. The summed E-state index contributed by atoms with van der Waals surface area (Å²) in [6.45, 7) is 4.10. The molecule has 0 fully saturated rings. The van der Waals surface area contributed by atoms with Gasteiger partial charge in [0.15, 0.2) is 0 Å². The summed E-state index contributed by atoms with van der Waals surface area (Å²) in [6.07, 6.45) is 12.1. The van der Waals surface area contributed by atoms with E-state index in [9.17, 15) is 0 Å². The van der Waals surface area contributed by atoms with Crippen molar-refractivity contribution in [3.8, 4) is 0 Å². The lowest BCUT2D eigenvalue weighted by atomic mass is 9.99. The number of pyridine rings is 2. The van der Waals surface area contributed by atoms with Crippen molar-refractivity contribution in [2.24, 2.45) is 0 Å². The Labute approximate surface area is 188 Å². The zero-order valence-corrected chi connectivity index (χ0v) is 18.3. The van der Waals surface area contributed by atoms with Crippen molar-refractivity contribution in [2.75, 3.05) is 0 Å². The summed E-state index contributed by atoms with van der Waals surface area (Å²) in [5.74, 6) is 0. The highest BCUT2D eigenvalue weighted by atomic mass is 14.7. The molecule has 32 heavy (non-hydrogen) atoms. The SMILES string of the molecule is Cc1ccc(/C=C/c2ccc3cc4cc(/C=C/c5ccc(C)cn5)ccc4cc3c2)nc1. The van der Waals surface area contributed by atoms with Crippen molar-refractivity contribution in [2.45, 2.75) is 13.8 Å². The van der Waals surface area contributed by atoms with Crippen molar-refractivity contribution >= 4 is 45.8 Å². The highest BCUT2D eigenvalue weighted by Crippen LogP contribution is 2.26. The molecule has 0 aliphatic heterocycles. The van der Waals surface area contributed by atoms with Gasteiger partial charge in [-0.3, -0.25) is 9.97 Å². The smallest absolute Gasteiger partial charge is 0.0630 e. The number of aryl methyl sites for hydroxylation is 2. The molecule has 0 aliphatic carbocycles. The third kappa shape index (κ3) is 4.50. The van der Waals surface area contributed by atoms with E-state index in [4.69, 9.17) is 0 Å². The molecule has 0 radical (unpaired) electrons. The van der Waals surface area contributed by atoms with E-state index in [2.05, 4.69) is 109 Å². The van der Waals surface area contributed by atoms with Crippen LogP contribution in [0.25, 0.3) is 45.8 Å². The molecule has 5 rings (SSSR count). The molecule has 5 aromatic rings. The van der Waals surface area contributed by atoms with Crippen LogP contribution in [-0.4, -0.2) is 9.97 Å². The summed E-state index contributed by atoms with van der Waals surface area (Å²) in [5, 5.41) is 4.96. The summed E-state index contributed by atoms with van der Waals surface area (Å²) >= 11 is 0. The van der Waals surface area contributed by atoms with Gasteiger partial charge in [0, 0.05) is 12.4 Å². The van der Waals surface area contributed by atoms with E-state index in [1.54, 1.807) is 0 Å². The minimum absolute atomic E-state index is 0.968. The Hall–Kier alpha value is -4.04. The second kappa shape index (κ2) is 8.60. The van der Waals surface area contributed by atoms with Crippen LogP contribution < -0.4 is 0 Å². The molecule has 2 aromatic heterocycles.